The van der Waals surface area contributed by atoms with Gasteiger partial charge in [-0.15, -0.1) is 0 Å². The summed E-state index contributed by atoms with van der Waals surface area (Å²) < 4.78 is 25.2. The van der Waals surface area contributed by atoms with Gasteiger partial charge >= 0.3 is 11.9 Å². The molecular weight excluding hydrogens is 628 g/mol. The Morgan fingerprint density at radius 3 is 2.39 bits per heavy atom. The maximum atomic E-state index is 12.4. The van der Waals surface area contributed by atoms with Gasteiger partial charge in [-0.05, 0) is 117 Å². The number of hydrogen-bond acceptors (Lipinski definition) is 10. The van der Waals surface area contributed by atoms with E-state index in [-0.39, 0.29) is 45.5 Å². The number of esters is 1. The molecule has 15 unspecified atom stereocenters. The minimum atomic E-state index is -1.30. The third kappa shape index (κ3) is 4.98. The Hall–Kier alpha value is -1.34. The van der Waals surface area contributed by atoms with Crippen molar-refractivity contribution >= 4 is 11.9 Å². The van der Waals surface area contributed by atoms with Gasteiger partial charge in [-0.1, -0.05) is 27.7 Å². The van der Waals surface area contributed by atoms with Gasteiger partial charge in [0.1, 0.15) is 6.04 Å². The second-order valence-electron chi connectivity index (χ2n) is 18.8. The number of rotatable bonds is 7. The number of nitrogens with zero attached hydrogens (tertiary/aromatic N) is 1. The van der Waals surface area contributed by atoms with Crippen LogP contribution in [0.1, 0.15) is 107 Å². The molecule has 49 heavy (non-hydrogen) atoms. The summed E-state index contributed by atoms with van der Waals surface area (Å²) in [6, 6.07) is -0.578. The van der Waals surface area contributed by atoms with Gasteiger partial charge < -0.3 is 40.0 Å². The van der Waals surface area contributed by atoms with Crippen molar-refractivity contribution in [2.75, 3.05) is 19.7 Å². The van der Waals surface area contributed by atoms with Crippen LogP contribution in [0.2, 0.25) is 0 Å². The molecule has 278 valence electrons. The summed E-state index contributed by atoms with van der Waals surface area (Å²) in [5.74, 6) is -0.439. The lowest BCUT2D eigenvalue weighted by molar-refractivity contribution is -0.248. The maximum Gasteiger partial charge on any atom is 0.320 e. The maximum absolute atomic E-state index is 12.4. The average molecular weight is 691 g/mol. The number of carboxylic acid groups (broad SMARTS) is 1. The molecule has 7 aliphatic rings. The quantitative estimate of drug-likeness (QED) is 0.289. The van der Waals surface area contributed by atoms with E-state index in [0.29, 0.717) is 32.0 Å². The summed E-state index contributed by atoms with van der Waals surface area (Å²) in [5, 5.41) is 33.0. The number of fused-ring (bicyclic) bond motifs is 4. The van der Waals surface area contributed by atoms with Crippen molar-refractivity contribution < 1.29 is 43.9 Å². The molecule has 2 saturated heterocycles. The van der Waals surface area contributed by atoms with Crippen LogP contribution in [-0.2, 0) is 28.5 Å². The van der Waals surface area contributed by atoms with Crippen LogP contribution < -0.4 is 5.73 Å². The summed E-state index contributed by atoms with van der Waals surface area (Å²) in [6.45, 7) is 17.1. The van der Waals surface area contributed by atoms with Gasteiger partial charge in [-0.2, -0.15) is 0 Å². The van der Waals surface area contributed by atoms with E-state index in [9.17, 15) is 24.9 Å². The second-order valence-corrected chi connectivity index (χ2v) is 18.8. The first-order chi connectivity index (χ1) is 22.7. The third-order valence-corrected chi connectivity index (χ3v) is 15.9. The minimum absolute atomic E-state index is 0.00941. The average Bonchev–Trinajstić information content (AvgIpc) is 3.65. The summed E-state index contributed by atoms with van der Waals surface area (Å²) in [7, 11) is 0. The predicted octanol–water partition coefficient (Wildman–Crippen LogP) is 3.71. The SMILES string of the molecule is CC(=O)OC(C1CC(C)C2C(O1)C(O)C1(N)C3CCC4C(C)(C)C(OC5CN(C(C)C(=O)O)CCO5)CCC45CC35CCC21C)C(C)(C)O. The zero-order valence-corrected chi connectivity index (χ0v) is 30.9. The van der Waals surface area contributed by atoms with E-state index in [1.807, 2.05) is 4.90 Å². The normalized spacial score (nSPS) is 50.1. The molecule has 0 amide bonds. The van der Waals surface area contributed by atoms with Crippen LogP contribution in [0, 0.1) is 45.3 Å². The topological polar surface area (TPSA) is 161 Å². The van der Waals surface area contributed by atoms with Gasteiger partial charge in [0.15, 0.2) is 12.4 Å². The van der Waals surface area contributed by atoms with Gasteiger partial charge in [0.05, 0.1) is 48.7 Å². The van der Waals surface area contributed by atoms with Crippen molar-refractivity contribution in [3.63, 3.8) is 0 Å². The first-order valence-electron chi connectivity index (χ1n) is 19.0. The van der Waals surface area contributed by atoms with Crippen molar-refractivity contribution in [2.45, 2.75) is 161 Å². The Labute approximate surface area is 291 Å². The van der Waals surface area contributed by atoms with Crippen molar-refractivity contribution in [3.8, 4) is 0 Å². The molecule has 7 rings (SSSR count). The van der Waals surface area contributed by atoms with Crippen LogP contribution in [0.25, 0.3) is 0 Å². The lowest BCUT2D eigenvalue weighted by atomic mass is 9.43. The van der Waals surface area contributed by atoms with Crippen LogP contribution in [0.15, 0.2) is 0 Å². The highest BCUT2D eigenvalue weighted by molar-refractivity contribution is 5.72. The fourth-order valence-corrected chi connectivity index (χ4v) is 13.6. The van der Waals surface area contributed by atoms with Crippen LogP contribution >= 0.6 is 0 Å². The number of hydrogen-bond donors (Lipinski definition) is 4. The molecule has 0 bridgehead atoms. The zero-order valence-electron chi connectivity index (χ0n) is 30.9. The number of carbonyl (C=O) groups is 2. The third-order valence-electron chi connectivity index (χ3n) is 15.9. The minimum Gasteiger partial charge on any atom is -0.480 e. The Balaban J connectivity index is 1.12. The van der Waals surface area contributed by atoms with E-state index in [1.54, 1.807) is 20.8 Å². The fourth-order valence-electron chi connectivity index (χ4n) is 13.6. The molecule has 0 aromatic heterocycles. The predicted molar refractivity (Wildman–Crippen MR) is 180 cm³/mol. The molecule has 2 heterocycles. The Bertz CT molecular complexity index is 1340. The Morgan fingerprint density at radius 2 is 1.73 bits per heavy atom. The molecule has 11 heteroatoms. The highest BCUT2D eigenvalue weighted by atomic mass is 16.7. The first kappa shape index (κ1) is 36.0. The van der Waals surface area contributed by atoms with Gasteiger partial charge in [-0.25, -0.2) is 0 Å². The molecule has 0 radical (unpaired) electrons. The van der Waals surface area contributed by atoms with Gasteiger partial charge in [-0.3, -0.25) is 14.5 Å². The highest BCUT2D eigenvalue weighted by Crippen LogP contribution is 2.87. The molecule has 15 atom stereocenters. The van der Waals surface area contributed by atoms with E-state index < -0.39 is 59.8 Å². The smallest absolute Gasteiger partial charge is 0.320 e. The molecule has 5 N–H and O–H groups in total. The van der Waals surface area contributed by atoms with E-state index in [4.69, 9.17) is 24.7 Å². The Morgan fingerprint density at radius 1 is 1.06 bits per heavy atom. The van der Waals surface area contributed by atoms with Crippen molar-refractivity contribution in [1.82, 2.24) is 4.90 Å². The monoisotopic (exact) mass is 690 g/mol. The number of ether oxygens (including phenoxy) is 4. The number of aliphatic carboxylic acids is 1. The first-order valence-corrected chi connectivity index (χ1v) is 19.0. The molecule has 11 nitrogen and oxygen atoms in total. The zero-order chi connectivity index (χ0) is 35.7. The van der Waals surface area contributed by atoms with Crippen LogP contribution in [0.4, 0.5) is 0 Å². The van der Waals surface area contributed by atoms with Crippen LogP contribution in [0.3, 0.4) is 0 Å². The summed E-state index contributed by atoms with van der Waals surface area (Å²) in [5.41, 5.74) is 5.46. The molecule has 2 spiro atoms. The molecule has 5 aliphatic carbocycles. The summed E-state index contributed by atoms with van der Waals surface area (Å²) in [4.78, 5) is 25.7. The number of aliphatic hydroxyl groups is 2. The van der Waals surface area contributed by atoms with E-state index >= 15 is 0 Å². The number of aliphatic hydroxyl groups excluding tert-OH is 1. The fraction of sp³-hybridized carbons (Fsp3) is 0.947. The number of carboxylic acids is 1. The molecule has 5 saturated carbocycles. The molecule has 0 aromatic rings. The second kappa shape index (κ2) is 11.6. The highest BCUT2D eigenvalue weighted by Gasteiger charge is 2.85. The van der Waals surface area contributed by atoms with E-state index in [1.165, 1.54) is 6.92 Å². The standard InChI is InChI=1S/C38H62N2O9/c1-20-17-23(31(34(6,7)45)47-22(3)41)48-29-28(20)35(8)13-14-37-19-36(37)12-11-26(49-27-18-40(15-16-46-27)21(2)32(43)44)33(4,5)24(36)9-10-25(37)38(35,39)30(29)42/h20-21,23-31,42,45H,9-19,39H2,1-8H3,(H,43,44). The molecular formula is C38H62N2O9. The van der Waals surface area contributed by atoms with Gasteiger partial charge in [0.25, 0.3) is 0 Å². The largest absolute Gasteiger partial charge is 0.480 e. The lowest BCUT2D eigenvalue weighted by Gasteiger charge is -2.63. The number of carbonyl (C=O) groups excluding carboxylic acids is 1. The van der Waals surface area contributed by atoms with Crippen molar-refractivity contribution in [3.05, 3.63) is 0 Å². The molecule has 2 aliphatic heterocycles. The summed E-state index contributed by atoms with van der Waals surface area (Å²) in [6.07, 6.45) is 4.58. The van der Waals surface area contributed by atoms with Crippen molar-refractivity contribution in [2.24, 2.45) is 51.1 Å². The van der Waals surface area contributed by atoms with Crippen LogP contribution in [0.5, 0.6) is 0 Å². The number of nitrogens with two attached hydrogens (primary N) is 1. The van der Waals surface area contributed by atoms with E-state index in [0.717, 1.165) is 44.9 Å². The lowest BCUT2D eigenvalue weighted by Crippen LogP contribution is -2.70. The summed E-state index contributed by atoms with van der Waals surface area (Å²) >= 11 is 0. The van der Waals surface area contributed by atoms with Gasteiger partial charge in [0.2, 0.25) is 0 Å². The van der Waals surface area contributed by atoms with Crippen LogP contribution in [-0.4, -0.2) is 106 Å². The molecule has 7 fully saturated rings. The molecule has 0 aromatic carbocycles. The van der Waals surface area contributed by atoms with Crippen molar-refractivity contribution in [1.29, 1.82) is 0 Å². The van der Waals surface area contributed by atoms with E-state index in [2.05, 4.69) is 27.7 Å². The van der Waals surface area contributed by atoms with Gasteiger partial charge in [0, 0.05) is 13.5 Å². The number of morpholine rings is 1. The Kier molecular flexibility index (Phi) is 8.52.